The summed E-state index contributed by atoms with van der Waals surface area (Å²) >= 11 is 1.20. The van der Waals surface area contributed by atoms with Gasteiger partial charge >= 0.3 is 0 Å². The number of aliphatic hydroxyl groups is 1. The molecule has 2 aliphatic rings. The van der Waals surface area contributed by atoms with E-state index in [1.54, 1.807) is 53.8 Å². The molecule has 2 aromatic heterocycles. The first kappa shape index (κ1) is 23.2. The van der Waals surface area contributed by atoms with Crippen LogP contribution in [0.4, 0.5) is 0 Å². The summed E-state index contributed by atoms with van der Waals surface area (Å²) in [6.07, 6.45) is 0. The van der Waals surface area contributed by atoms with E-state index in [9.17, 15) is 18.3 Å². The minimum Gasteiger partial charge on any atom is -0.497 e. The predicted octanol–water partition coefficient (Wildman–Crippen LogP) is 3.37. The van der Waals surface area contributed by atoms with Gasteiger partial charge in [-0.25, -0.2) is 8.42 Å². The van der Waals surface area contributed by atoms with Gasteiger partial charge in [-0.1, -0.05) is 24.3 Å². The Morgan fingerprint density at radius 2 is 1.92 bits per heavy atom. The van der Waals surface area contributed by atoms with Crippen molar-refractivity contribution in [2.45, 2.75) is 15.7 Å². The zero-order chi connectivity index (χ0) is 25.1. The van der Waals surface area contributed by atoms with E-state index in [1.807, 2.05) is 24.3 Å². The van der Waals surface area contributed by atoms with Crippen LogP contribution in [-0.2, 0) is 15.4 Å². The summed E-state index contributed by atoms with van der Waals surface area (Å²) in [6.45, 7) is 0.531. The number of H-pyrrole nitrogens is 1. The number of ether oxygens (including phenoxy) is 1. The topological polar surface area (TPSA) is 103 Å². The molecule has 0 unspecified atom stereocenters. The van der Waals surface area contributed by atoms with Crippen LogP contribution in [0.15, 0.2) is 70.3 Å². The third-order valence-electron chi connectivity index (χ3n) is 7.25. The van der Waals surface area contributed by atoms with Crippen LogP contribution in [0, 0.1) is 0 Å². The van der Waals surface area contributed by atoms with Crippen LogP contribution in [0.3, 0.4) is 0 Å². The second-order valence-corrected chi connectivity index (χ2v) is 12.4. The van der Waals surface area contributed by atoms with Crippen LogP contribution in [0.2, 0.25) is 0 Å². The molecule has 1 atom stereocenters. The molecule has 36 heavy (non-hydrogen) atoms. The Kier molecular flexibility index (Phi) is 5.45. The first-order valence-electron chi connectivity index (χ1n) is 11.6. The van der Waals surface area contributed by atoms with Crippen molar-refractivity contribution >= 4 is 38.2 Å². The third kappa shape index (κ3) is 3.40. The molecule has 2 aromatic carbocycles. The summed E-state index contributed by atoms with van der Waals surface area (Å²) in [4.78, 5) is 18.8. The number of thiophene rings is 1. The fourth-order valence-corrected chi connectivity index (χ4v) is 8.32. The standard InChI is InChI=1S/C26H25N3O5S2/c1-34-18-9-10-19-20(12-18)27-24-21(13-30)29(25(31)17-6-3-2-4-7-17)16-26(23(19)24)14-28(15-26)36(32,33)22-8-5-11-35-22/h2-12,21,27,30H,13-16H2,1H3/t21-/m1/s1. The number of aromatic nitrogens is 1. The van der Waals surface area contributed by atoms with E-state index in [2.05, 4.69) is 4.98 Å². The first-order chi connectivity index (χ1) is 17.4. The summed E-state index contributed by atoms with van der Waals surface area (Å²) in [5, 5.41) is 13.2. The maximum atomic E-state index is 13.6. The highest BCUT2D eigenvalue weighted by molar-refractivity contribution is 7.91. The lowest BCUT2D eigenvalue weighted by Crippen LogP contribution is -2.67. The fourth-order valence-electron chi connectivity index (χ4n) is 5.56. The van der Waals surface area contributed by atoms with Crippen LogP contribution < -0.4 is 4.74 Å². The van der Waals surface area contributed by atoms with Gasteiger partial charge in [-0.15, -0.1) is 11.3 Å². The number of hydrogen-bond acceptors (Lipinski definition) is 6. The minimum atomic E-state index is -3.62. The van der Waals surface area contributed by atoms with Crippen molar-refractivity contribution in [3.8, 4) is 5.75 Å². The van der Waals surface area contributed by atoms with Crippen molar-refractivity contribution in [2.24, 2.45) is 0 Å². The minimum absolute atomic E-state index is 0.199. The Hall–Kier alpha value is -3.18. The van der Waals surface area contributed by atoms with E-state index in [1.165, 1.54) is 15.6 Å². The normalized spacial score (nSPS) is 19.3. The lowest BCUT2D eigenvalue weighted by atomic mass is 9.70. The number of benzene rings is 2. The number of carbonyl (C=O) groups is 1. The zero-order valence-electron chi connectivity index (χ0n) is 19.5. The van der Waals surface area contributed by atoms with Crippen molar-refractivity contribution < 1.29 is 23.1 Å². The van der Waals surface area contributed by atoms with Crippen molar-refractivity contribution in [3.05, 3.63) is 82.9 Å². The number of hydrogen-bond donors (Lipinski definition) is 2. The molecule has 8 nitrogen and oxygen atoms in total. The number of methoxy groups -OCH3 is 1. The second-order valence-electron chi connectivity index (χ2n) is 9.31. The number of amides is 1. The Bertz CT molecular complexity index is 1540. The fraction of sp³-hybridized carbons (Fsp3) is 0.269. The molecule has 0 bridgehead atoms. The molecule has 2 aliphatic heterocycles. The van der Waals surface area contributed by atoms with Gasteiger partial charge in [-0.05, 0) is 41.3 Å². The quantitative estimate of drug-likeness (QED) is 0.418. The van der Waals surface area contributed by atoms with Gasteiger partial charge in [0.15, 0.2) is 0 Å². The smallest absolute Gasteiger partial charge is 0.254 e. The van der Waals surface area contributed by atoms with Crippen LogP contribution in [0.5, 0.6) is 5.75 Å². The van der Waals surface area contributed by atoms with Crippen LogP contribution >= 0.6 is 11.3 Å². The monoisotopic (exact) mass is 523 g/mol. The van der Waals surface area contributed by atoms with Gasteiger partial charge in [0.25, 0.3) is 15.9 Å². The van der Waals surface area contributed by atoms with Gasteiger partial charge in [0, 0.05) is 53.3 Å². The lowest BCUT2D eigenvalue weighted by Gasteiger charge is -2.55. The molecule has 0 aliphatic carbocycles. The Morgan fingerprint density at radius 3 is 2.58 bits per heavy atom. The molecule has 6 rings (SSSR count). The molecule has 0 radical (unpaired) electrons. The highest BCUT2D eigenvalue weighted by Crippen LogP contribution is 2.50. The highest BCUT2D eigenvalue weighted by Gasteiger charge is 2.56. The maximum absolute atomic E-state index is 13.6. The third-order valence-corrected chi connectivity index (χ3v) is 10.4. The van der Waals surface area contributed by atoms with Gasteiger partial charge in [0.2, 0.25) is 0 Å². The number of fused-ring (bicyclic) bond motifs is 4. The number of carbonyl (C=O) groups excluding carboxylic acids is 1. The second kappa shape index (κ2) is 8.45. The van der Waals surface area contributed by atoms with Crippen LogP contribution in [0.1, 0.15) is 27.7 Å². The molecule has 1 amide bonds. The molecule has 186 valence electrons. The Morgan fingerprint density at radius 1 is 1.14 bits per heavy atom. The van der Waals surface area contributed by atoms with Crippen molar-refractivity contribution in [1.29, 1.82) is 0 Å². The number of aromatic amines is 1. The molecular formula is C26H25N3O5S2. The van der Waals surface area contributed by atoms with Gasteiger partial charge in [-0.3, -0.25) is 4.79 Å². The van der Waals surface area contributed by atoms with Gasteiger partial charge < -0.3 is 19.7 Å². The molecule has 10 heteroatoms. The Labute approximate surface area is 212 Å². The molecule has 1 saturated heterocycles. The van der Waals surface area contributed by atoms with E-state index in [0.717, 1.165) is 22.2 Å². The molecular weight excluding hydrogens is 498 g/mol. The van der Waals surface area contributed by atoms with Gasteiger partial charge in [0.05, 0.1) is 19.8 Å². The van der Waals surface area contributed by atoms with E-state index in [-0.39, 0.29) is 25.6 Å². The van der Waals surface area contributed by atoms with E-state index in [4.69, 9.17) is 4.74 Å². The number of sulfonamides is 1. The van der Waals surface area contributed by atoms with Crippen molar-refractivity contribution in [2.75, 3.05) is 33.4 Å². The van der Waals surface area contributed by atoms with Crippen LogP contribution in [-0.4, -0.2) is 67.0 Å². The summed E-state index contributed by atoms with van der Waals surface area (Å²) in [5.41, 5.74) is 2.45. The number of nitrogens with one attached hydrogen (secondary N) is 1. The van der Waals surface area contributed by atoms with Gasteiger partial charge in [-0.2, -0.15) is 4.31 Å². The van der Waals surface area contributed by atoms with Crippen molar-refractivity contribution in [1.82, 2.24) is 14.2 Å². The van der Waals surface area contributed by atoms with E-state index in [0.29, 0.717) is 22.1 Å². The first-order valence-corrected chi connectivity index (χ1v) is 13.9. The SMILES string of the molecule is COc1ccc2c3c([nH]c2c1)[C@@H](CO)N(C(=O)c1ccccc1)CC31CN(S(=O)(=O)c2cccs2)C1. The van der Waals surface area contributed by atoms with E-state index >= 15 is 0 Å². The van der Waals surface area contributed by atoms with Crippen molar-refractivity contribution in [3.63, 3.8) is 0 Å². The zero-order valence-corrected chi connectivity index (χ0v) is 21.2. The summed E-state index contributed by atoms with van der Waals surface area (Å²) in [5.74, 6) is 0.485. The lowest BCUT2D eigenvalue weighted by molar-refractivity contribution is 0.0248. The summed E-state index contributed by atoms with van der Waals surface area (Å²) < 4.78 is 33.7. The highest BCUT2D eigenvalue weighted by atomic mass is 32.2. The predicted molar refractivity (Wildman–Crippen MR) is 137 cm³/mol. The average molecular weight is 524 g/mol. The number of aliphatic hydroxyl groups excluding tert-OH is 1. The largest absolute Gasteiger partial charge is 0.497 e. The van der Waals surface area contributed by atoms with Crippen LogP contribution in [0.25, 0.3) is 10.9 Å². The molecule has 0 saturated carbocycles. The number of nitrogens with zero attached hydrogens (tertiary/aromatic N) is 2. The van der Waals surface area contributed by atoms with Gasteiger partial charge in [0.1, 0.15) is 9.96 Å². The summed E-state index contributed by atoms with van der Waals surface area (Å²) in [7, 11) is -2.03. The van der Waals surface area contributed by atoms with E-state index < -0.39 is 21.5 Å². The molecule has 2 N–H and O–H groups in total. The molecule has 4 heterocycles. The molecule has 1 spiro atoms. The molecule has 1 fully saturated rings. The average Bonchev–Trinajstić information content (AvgIpc) is 3.55. The maximum Gasteiger partial charge on any atom is 0.254 e. The summed E-state index contributed by atoms with van der Waals surface area (Å²) in [6, 6.07) is 17.4. The molecule has 4 aromatic rings. The Balaban J connectivity index is 1.47. The number of rotatable bonds is 5.